The van der Waals surface area contributed by atoms with E-state index in [0.29, 0.717) is 25.2 Å². The molecule has 1 aliphatic heterocycles. The van der Waals surface area contributed by atoms with Crippen molar-refractivity contribution in [1.29, 1.82) is 0 Å². The Balaban J connectivity index is 1.50. The number of rotatable bonds is 6. The van der Waals surface area contributed by atoms with Gasteiger partial charge in [-0.15, -0.1) is 0 Å². The molecule has 0 unspecified atom stereocenters. The second kappa shape index (κ2) is 9.84. The first kappa shape index (κ1) is 22.6. The van der Waals surface area contributed by atoms with Gasteiger partial charge in [0.05, 0.1) is 12.7 Å². The van der Waals surface area contributed by atoms with Crippen LogP contribution in [0, 0.1) is 5.92 Å². The summed E-state index contributed by atoms with van der Waals surface area (Å²) in [6.07, 6.45) is -2.31. The molecule has 0 atom stereocenters. The number of amides is 2. The molecule has 1 aliphatic rings. The van der Waals surface area contributed by atoms with Gasteiger partial charge in [0.15, 0.2) is 6.61 Å². The summed E-state index contributed by atoms with van der Waals surface area (Å²) in [5.41, 5.74) is 2.30. The molecule has 0 radical (unpaired) electrons. The van der Waals surface area contributed by atoms with Gasteiger partial charge >= 0.3 is 12.3 Å². The molecule has 31 heavy (non-hydrogen) atoms. The van der Waals surface area contributed by atoms with Crippen molar-refractivity contribution < 1.29 is 27.5 Å². The Morgan fingerprint density at radius 2 is 1.77 bits per heavy atom. The molecule has 2 aromatic rings. The Kier molecular flexibility index (Phi) is 7.19. The number of hydrogen-bond acceptors (Lipinski definition) is 4. The van der Waals surface area contributed by atoms with Crippen LogP contribution in [0.25, 0.3) is 0 Å². The molecule has 0 aliphatic carbocycles. The molecule has 0 spiro atoms. The lowest BCUT2D eigenvalue weighted by atomic mass is 9.96. The number of carbonyl (C=O) groups excluding carboxylic acids is 2. The summed E-state index contributed by atoms with van der Waals surface area (Å²) in [4.78, 5) is 25.6. The molecular formula is C21H25F3N4O3. The van der Waals surface area contributed by atoms with Crippen LogP contribution in [0.15, 0.2) is 36.5 Å². The molecule has 2 amide bonds. The predicted octanol–water partition coefficient (Wildman–Crippen LogP) is 3.84. The van der Waals surface area contributed by atoms with Crippen LogP contribution in [-0.2, 0) is 22.5 Å². The van der Waals surface area contributed by atoms with Crippen LogP contribution >= 0.6 is 0 Å². The number of ether oxygens (including phenoxy) is 1. The maximum atomic E-state index is 12.7. The van der Waals surface area contributed by atoms with Gasteiger partial charge < -0.3 is 15.0 Å². The highest BCUT2D eigenvalue weighted by Gasteiger charge is 2.33. The Morgan fingerprint density at radius 1 is 1.13 bits per heavy atom. The molecule has 0 bridgehead atoms. The van der Waals surface area contributed by atoms with Crippen molar-refractivity contribution in [3.63, 3.8) is 0 Å². The Morgan fingerprint density at radius 3 is 2.39 bits per heavy atom. The van der Waals surface area contributed by atoms with Crippen LogP contribution in [0.5, 0.6) is 0 Å². The fourth-order valence-electron chi connectivity index (χ4n) is 3.41. The van der Waals surface area contributed by atoms with Crippen molar-refractivity contribution in [2.45, 2.75) is 38.9 Å². The van der Waals surface area contributed by atoms with E-state index >= 15 is 0 Å². The summed E-state index contributed by atoms with van der Waals surface area (Å²) >= 11 is 0. The zero-order valence-corrected chi connectivity index (χ0v) is 17.2. The molecule has 1 saturated heterocycles. The lowest BCUT2D eigenvalue weighted by molar-refractivity contribution is -0.162. The van der Waals surface area contributed by atoms with Crippen LogP contribution in [0.2, 0.25) is 0 Å². The Labute approximate surface area is 178 Å². The minimum Gasteiger partial charge on any atom is -0.440 e. The number of likely N-dealkylation sites (tertiary alicyclic amines) is 1. The second-order valence-corrected chi connectivity index (χ2v) is 7.46. The van der Waals surface area contributed by atoms with Crippen molar-refractivity contribution in [3.05, 3.63) is 47.7 Å². The summed E-state index contributed by atoms with van der Waals surface area (Å²) in [6, 6.07) is 9.89. The minimum absolute atomic E-state index is 0.165. The van der Waals surface area contributed by atoms with Gasteiger partial charge in [-0.1, -0.05) is 31.2 Å². The third-order valence-electron chi connectivity index (χ3n) is 5.21. The van der Waals surface area contributed by atoms with Crippen LogP contribution < -0.4 is 5.32 Å². The number of aromatic nitrogens is 2. The van der Waals surface area contributed by atoms with Gasteiger partial charge in [-0.3, -0.25) is 4.79 Å². The van der Waals surface area contributed by atoms with Crippen molar-refractivity contribution in [2.24, 2.45) is 5.92 Å². The molecule has 0 saturated carbocycles. The van der Waals surface area contributed by atoms with Gasteiger partial charge in [0.2, 0.25) is 5.91 Å². The number of aryl methyl sites for hydroxylation is 1. The Bertz CT molecular complexity index is 888. The summed E-state index contributed by atoms with van der Waals surface area (Å²) in [6.45, 7) is 1.31. The van der Waals surface area contributed by atoms with Gasteiger partial charge in [0.25, 0.3) is 0 Å². The number of nitrogens with one attached hydrogen (secondary N) is 1. The van der Waals surface area contributed by atoms with E-state index in [-0.39, 0.29) is 24.9 Å². The van der Waals surface area contributed by atoms with E-state index in [4.69, 9.17) is 0 Å². The molecule has 10 heteroatoms. The van der Waals surface area contributed by atoms with Crippen molar-refractivity contribution in [1.82, 2.24) is 14.7 Å². The van der Waals surface area contributed by atoms with E-state index in [0.717, 1.165) is 12.0 Å². The maximum Gasteiger partial charge on any atom is 0.422 e. The topological polar surface area (TPSA) is 76.5 Å². The number of anilines is 1. The summed E-state index contributed by atoms with van der Waals surface area (Å²) in [5, 5.41) is 7.14. The number of nitrogens with zero attached hydrogens (tertiary/aromatic N) is 3. The average molecular weight is 438 g/mol. The number of carbonyl (C=O) groups is 2. The fourth-order valence-corrected chi connectivity index (χ4v) is 3.41. The monoisotopic (exact) mass is 438 g/mol. The zero-order valence-electron chi connectivity index (χ0n) is 17.2. The van der Waals surface area contributed by atoms with E-state index in [9.17, 15) is 22.8 Å². The smallest absolute Gasteiger partial charge is 0.422 e. The number of hydrogen-bond donors (Lipinski definition) is 1. The van der Waals surface area contributed by atoms with Gasteiger partial charge in [0.1, 0.15) is 5.82 Å². The Hall–Kier alpha value is -3.04. The second-order valence-electron chi connectivity index (χ2n) is 7.46. The van der Waals surface area contributed by atoms with Gasteiger partial charge in [-0.2, -0.15) is 18.3 Å². The van der Waals surface area contributed by atoms with E-state index in [1.807, 2.05) is 12.1 Å². The van der Waals surface area contributed by atoms with Crippen LogP contribution in [-0.4, -0.2) is 52.6 Å². The highest BCUT2D eigenvalue weighted by atomic mass is 19.4. The van der Waals surface area contributed by atoms with Gasteiger partial charge in [-0.05, 0) is 30.4 Å². The number of benzene rings is 1. The fraction of sp³-hybridized carbons (Fsp3) is 0.476. The first-order chi connectivity index (χ1) is 14.7. The minimum atomic E-state index is -4.56. The SMILES string of the molecule is CCc1ccc(Cn2nccc2NC(=O)C2CCN(C(=O)OCC(F)(F)F)CC2)cc1. The molecule has 7 nitrogen and oxygen atoms in total. The van der Waals surface area contributed by atoms with E-state index in [2.05, 4.69) is 34.2 Å². The lowest BCUT2D eigenvalue weighted by Crippen LogP contribution is -2.42. The molecule has 168 valence electrons. The quantitative estimate of drug-likeness (QED) is 0.744. The molecular weight excluding hydrogens is 413 g/mol. The average Bonchev–Trinajstić information content (AvgIpc) is 3.18. The van der Waals surface area contributed by atoms with E-state index < -0.39 is 18.9 Å². The highest BCUT2D eigenvalue weighted by molar-refractivity contribution is 5.92. The van der Waals surface area contributed by atoms with Crippen molar-refractivity contribution in [3.8, 4) is 0 Å². The number of alkyl halides is 3. The maximum absolute atomic E-state index is 12.7. The van der Waals surface area contributed by atoms with Crippen molar-refractivity contribution >= 4 is 17.8 Å². The largest absolute Gasteiger partial charge is 0.440 e. The third kappa shape index (κ3) is 6.47. The first-order valence-corrected chi connectivity index (χ1v) is 10.1. The molecule has 2 heterocycles. The van der Waals surface area contributed by atoms with Crippen molar-refractivity contribution in [2.75, 3.05) is 25.0 Å². The molecule has 1 fully saturated rings. The standard InChI is InChI=1S/C21H25F3N4O3/c1-2-15-3-5-16(6-4-15)13-28-18(7-10-25-28)26-19(29)17-8-11-27(12-9-17)20(30)31-14-21(22,23)24/h3-7,10,17H,2,8-9,11-14H2,1H3,(H,26,29). The van der Waals surface area contributed by atoms with Gasteiger partial charge in [-0.25, -0.2) is 9.48 Å². The summed E-state index contributed by atoms with van der Waals surface area (Å²) in [7, 11) is 0. The normalized spacial score (nSPS) is 15.0. The molecule has 3 rings (SSSR count). The predicted molar refractivity (Wildman–Crippen MR) is 107 cm³/mol. The number of halogens is 3. The molecule has 1 N–H and O–H groups in total. The van der Waals surface area contributed by atoms with E-state index in [1.54, 1.807) is 16.9 Å². The molecule has 1 aromatic carbocycles. The molecule has 1 aromatic heterocycles. The van der Waals surface area contributed by atoms with Crippen LogP contribution in [0.3, 0.4) is 0 Å². The number of piperidine rings is 1. The third-order valence-corrected chi connectivity index (χ3v) is 5.21. The van der Waals surface area contributed by atoms with Gasteiger partial charge in [0, 0.05) is 25.1 Å². The van der Waals surface area contributed by atoms with E-state index in [1.165, 1.54) is 10.5 Å². The van der Waals surface area contributed by atoms with Crippen LogP contribution in [0.4, 0.5) is 23.8 Å². The highest BCUT2D eigenvalue weighted by Crippen LogP contribution is 2.22. The summed E-state index contributed by atoms with van der Waals surface area (Å²) in [5.74, 6) is 0.0156. The van der Waals surface area contributed by atoms with Crippen LogP contribution in [0.1, 0.15) is 30.9 Å². The lowest BCUT2D eigenvalue weighted by Gasteiger charge is -2.30. The first-order valence-electron chi connectivity index (χ1n) is 10.1. The summed E-state index contributed by atoms with van der Waals surface area (Å²) < 4.78 is 42.5. The zero-order chi connectivity index (χ0) is 22.4.